The van der Waals surface area contributed by atoms with E-state index in [-0.39, 0.29) is 17.5 Å². The van der Waals surface area contributed by atoms with Gasteiger partial charge in [0.15, 0.2) is 0 Å². The van der Waals surface area contributed by atoms with E-state index in [1.165, 1.54) is 28.1 Å². The molecule has 30 heavy (non-hydrogen) atoms. The van der Waals surface area contributed by atoms with Crippen molar-refractivity contribution in [2.45, 2.75) is 19.0 Å². The van der Waals surface area contributed by atoms with Gasteiger partial charge in [-0.25, -0.2) is 4.68 Å². The van der Waals surface area contributed by atoms with Gasteiger partial charge in [0.05, 0.1) is 6.04 Å². The molecule has 154 valence electrons. The predicted octanol–water partition coefficient (Wildman–Crippen LogP) is 2.74. The van der Waals surface area contributed by atoms with Gasteiger partial charge >= 0.3 is 0 Å². The number of piperazine rings is 1. The van der Waals surface area contributed by atoms with Gasteiger partial charge in [-0.3, -0.25) is 14.5 Å². The second kappa shape index (κ2) is 9.05. The molecule has 0 N–H and O–H groups in total. The fraction of sp³-hybridized carbons (Fsp3) is 0.292. The summed E-state index contributed by atoms with van der Waals surface area (Å²) in [7, 11) is 0. The number of carbonyl (C=O) groups excluding carboxylic acids is 1. The summed E-state index contributed by atoms with van der Waals surface area (Å²) in [6.07, 6.45) is 1.54. The molecule has 0 saturated carbocycles. The molecule has 0 bridgehead atoms. The minimum absolute atomic E-state index is 0.0635. The fourth-order valence-electron chi connectivity index (χ4n) is 4.11. The Labute approximate surface area is 176 Å². The van der Waals surface area contributed by atoms with E-state index in [4.69, 9.17) is 0 Å². The minimum atomic E-state index is -0.607. The van der Waals surface area contributed by atoms with E-state index in [1.807, 2.05) is 17.0 Å². The first kappa shape index (κ1) is 20.0. The van der Waals surface area contributed by atoms with Crippen LogP contribution >= 0.6 is 0 Å². The van der Waals surface area contributed by atoms with Gasteiger partial charge < -0.3 is 4.90 Å². The number of hydrogen-bond acceptors (Lipinski definition) is 4. The van der Waals surface area contributed by atoms with Gasteiger partial charge in [0.2, 0.25) is 5.91 Å². The number of benzene rings is 2. The average Bonchev–Trinajstić information content (AvgIpc) is 2.81. The van der Waals surface area contributed by atoms with Crippen LogP contribution in [0.5, 0.6) is 0 Å². The molecule has 0 aliphatic carbocycles. The predicted molar refractivity (Wildman–Crippen MR) is 116 cm³/mol. The average molecular weight is 402 g/mol. The Morgan fingerprint density at radius 3 is 1.93 bits per heavy atom. The summed E-state index contributed by atoms with van der Waals surface area (Å²) in [6.45, 7) is 4.52. The van der Waals surface area contributed by atoms with Crippen LogP contribution in [-0.4, -0.2) is 51.7 Å². The molecule has 4 rings (SSSR count). The van der Waals surface area contributed by atoms with Gasteiger partial charge in [0.1, 0.15) is 6.04 Å². The monoisotopic (exact) mass is 402 g/mol. The van der Waals surface area contributed by atoms with Gasteiger partial charge in [-0.1, -0.05) is 60.7 Å². The van der Waals surface area contributed by atoms with Crippen LogP contribution in [0.3, 0.4) is 0 Å². The zero-order chi connectivity index (χ0) is 20.9. The number of carbonyl (C=O) groups is 1. The molecule has 1 unspecified atom stereocenters. The Kier molecular flexibility index (Phi) is 6.05. The molecule has 6 nitrogen and oxygen atoms in total. The third kappa shape index (κ3) is 4.19. The van der Waals surface area contributed by atoms with Crippen molar-refractivity contribution in [1.82, 2.24) is 19.6 Å². The van der Waals surface area contributed by atoms with Gasteiger partial charge in [0.25, 0.3) is 5.56 Å². The first-order valence-electron chi connectivity index (χ1n) is 10.3. The smallest absolute Gasteiger partial charge is 0.267 e. The van der Waals surface area contributed by atoms with Crippen LogP contribution in [0.15, 0.2) is 83.8 Å². The van der Waals surface area contributed by atoms with E-state index < -0.39 is 6.04 Å². The van der Waals surface area contributed by atoms with Gasteiger partial charge in [0, 0.05) is 38.4 Å². The molecule has 6 heteroatoms. The fourth-order valence-corrected chi connectivity index (χ4v) is 4.11. The van der Waals surface area contributed by atoms with Crippen LogP contribution < -0.4 is 5.56 Å². The van der Waals surface area contributed by atoms with Gasteiger partial charge in [-0.15, -0.1) is 0 Å². The summed E-state index contributed by atoms with van der Waals surface area (Å²) >= 11 is 0. The normalized spacial score (nSPS) is 15.9. The highest BCUT2D eigenvalue weighted by atomic mass is 16.2. The van der Waals surface area contributed by atoms with Crippen LogP contribution in [0.1, 0.15) is 30.1 Å². The Balaban J connectivity index is 1.49. The Morgan fingerprint density at radius 2 is 1.40 bits per heavy atom. The number of rotatable bonds is 5. The van der Waals surface area contributed by atoms with Crippen molar-refractivity contribution in [2.75, 3.05) is 26.2 Å². The largest absolute Gasteiger partial charge is 0.338 e. The lowest BCUT2D eigenvalue weighted by Gasteiger charge is -2.40. The quantitative estimate of drug-likeness (QED) is 0.659. The summed E-state index contributed by atoms with van der Waals surface area (Å²) in [5.41, 5.74) is 2.24. The van der Waals surface area contributed by atoms with Crippen molar-refractivity contribution in [3.8, 4) is 0 Å². The van der Waals surface area contributed by atoms with E-state index in [0.717, 1.165) is 13.1 Å². The number of nitrogens with zero attached hydrogens (tertiary/aromatic N) is 4. The lowest BCUT2D eigenvalue weighted by Crippen LogP contribution is -2.51. The molecule has 3 aromatic rings. The molecule has 2 heterocycles. The van der Waals surface area contributed by atoms with Crippen molar-refractivity contribution in [2.24, 2.45) is 0 Å². The molecular weight excluding hydrogens is 376 g/mol. The Morgan fingerprint density at radius 1 is 0.833 bits per heavy atom. The van der Waals surface area contributed by atoms with E-state index in [2.05, 4.69) is 58.5 Å². The molecule has 0 radical (unpaired) electrons. The Hall–Kier alpha value is -3.25. The highest BCUT2D eigenvalue weighted by molar-refractivity contribution is 5.80. The van der Waals surface area contributed by atoms with Crippen molar-refractivity contribution in [3.63, 3.8) is 0 Å². The molecule has 1 saturated heterocycles. The molecule has 1 atom stereocenters. The summed E-state index contributed by atoms with van der Waals surface area (Å²) in [5.74, 6) is -0.0635. The van der Waals surface area contributed by atoms with E-state index in [9.17, 15) is 9.59 Å². The second-order valence-electron chi connectivity index (χ2n) is 7.57. The first-order valence-corrected chi connectivity index (χ1v) is 10.3. The molecule has 0 spiro atoms. The van der Waals surface area contributed by atoms with Crippen molar-refractivity contribution < 1.29 is 4.79 Å². The summed E-state index contributed by atoms with van der Waals surface area (Å²) in [4.78, 5) is 29.3. The maximum absolute atomic E-state index is 13.0. The van der Waals surface area contributed by atoms with Crippen LogP contribution in [-0.2, 0) is 4.79 Å². The third-order valence-electron chi connectivity index (χ3n) is 5.69. The van der Waals surface area contributed by atoms with E-state index >= 15 is 0 Å². The SMILES string of the molecule is CC(C(=O)N1CCN(C(c2ccccc2)c2ccccc2)CC1)n1ncccc1=O. The van der Waals surface area contributed by atoms with Crippen molar-refractivity contribution in [1.29, 1.82) is 0 Å². The summed E-state index contributed by atoms with van der Waals surface area (Å²) in [5, 5.41) is 4.06. The molecule has 1 aliphatic heterocycles. The van der Waals surface area contributed by atoms with Crippen LogP contribution in [0.4, 0.5) is 0 Å². The molecule has 1 aromatic heterocycles. The second-order valence-corrected chi connectivity index (χ2v) is 7.57. The lowest BCUT2D eigenvalue weighted by atomic mass is 9.96. The summed E-state index contributed by atoms with van der Waals surface area (Å²) < 4.78 is 1.26. The summed E-state index contributed by atoms with van der Waals surface area (Å²) in [6, 6.07) is 23.5. The first-order chi connectivity index (χ1) is 14.6. The minimum Gasteiger partial charge on any atom is -0.338 e. The van der Waals surface area contributed by atoms with Crippen LogP contribution in [0.2, 0.25) is 0 Å². The standard InChI is InChI=1S/C24H26N4O2/c1-19(28-22(29)13-8-14-25-28)24(30)27-17-15-26(16-18-27)23(20-9-4-2-5-10-20)21-11-6-3-7-12-21/h2-14,19,23H,15-18H2,1H3. The number of aromatic nitrogens is 2. The maximum Gasteiger partial charge on any atom is 0.267 e. The molecule has 1 fully saturated rings. The maximum atomic E-state index is 13.0. The van der Waals surface area contributed by atoms with Crippen LogP contribution in [0, 0.1) is 0 Å². The lowest BCUT2D eigenvalue weighted by molar-refractivity contribution is -0.136. The van der Waals surface area contributed by atoms with Crippen LogP contribution in [0.25, 0.3) is 0 Å². The molecule has 1 amide bonds. The molecule has 1 aliphatic rings. The molecule has 2 aromatic carbocycles. The van der Waals surface area contributed by atoms with Crippen molar-refractivity contribution >= 4 is 5.91 Å². The highest BCUT2D eigenvalue weighted by Crippen LogP contribution is 2.29. The van der Waals surface area contributed by atoms with Gasteiger partial charge in [-0.05, 0) is 24.1 Å². The van der Waals surface area contributed by atoms with E-state index in [0.29, 0.717) is 13.1 Å². The zero-order valence-corrected chi connectivity index (χ0v) is 17.1. The third-order valence-corrected chi connectivity index (χ3v) is 5.69. The Bertz CT molecular complexity index is 988. The zero-order valence-electron chi connectivity index (χ0n) is 17.1. The molecular formula is C24H26N4O2. The topological polar surface area (TPSA) is 58.4 Å². The number of hydrogen-bond donors (Lipinski definition) is 0. The van der Waals surface area contributed by atoms with E-state index in [1.54, 1.807) is 13.0 Å². The van der Waals surface area contributed by atoms with Gasteiger partial charge in [-0.2, -0.15) is 5.10 Å². The number of amides is 1. The van der Waals surface area contributed by atoms with Crippen molar-refractivity contribution in [3.05, 3.63) is 100 Å². The highest BCUT2D eigenvalue weighted by Gasteiger charge is 2.30.